The number of fused-ring (bicyclic) bond motifs is 1. The molecule has 138 valence electrons. The van der Waals surface area contributed by atoms with Crippen molar-refractivity contribution < 1.29 is 18.7 Å². The van der Waals surface area contributed by atoms with Gasteiger partial charge in [-0.15, -0.1) is 11.3 Å². The molecule has 0 aromatic carbocycles. The van der Waals surface area contributed by atoms with Crippen LogP contribution in [0.3, 0.4) is 0 Å². The first-order chi connectivity index (χ1) is 12.6. The minimum atomic E-state index is -0.523. The van der Waals surface area contributed by atoms with Gasteiger partial charge in [0.15, 0.2) is 0 Å². The van der Waals surface area contributed by atoms with E-state index in [9.17, 15) is 9.59 Å². The highest BCUT2D eigenvalue weighted by atomic mass is 32.1. The zero-order valence-electron chi connectivity index (χ0n) is 14.7. The molecule has 3 rings (SSSR count). The highest BCUT2D eigenvalue weighted by molar-refractivity contribution is 7.17. The lowest BCUT2D eigenvalue weighted by Gasteiger charge is -2.18. The molecule has 1 aliphatic rings. The number of anilines is 1. The molecule has 0 spiro atoms. The molecule has 2 aromatic rings. The van der Waals surface area contributed by atoms with E-state index < -0.39 is 12.0 Å². The van der Waals surface area contributed by atoms with Crippen molar-refractivity contribution in [2.24, 2.45) is 11.0 Å². The van der Waals surface area contributed by atoms with Gasteiger partial charge in [-0.25, -0.2) is 15.0 Å². The number of esters is 1. The van der Waals surface area contributed by atoms with Crippen molar-refractivity contribution in [3.8, 4) is 0 Å². The lowest BCUT2D eigenvalue weighted by Crippen LogP contribution is -2.25. The molecule has 0 saturated carbocycles. The quantitative estimate of drug-likeness (QED) is 0.472. The van der Waals surface area contributed by atoms with Gasteiger partial charge in [-0.05, 0) is 49.8 Å². The molecule has 0 aliphatic heterocycles. The van der Waals surface area contributed by atoms with E-state index in [1.165, 1.54) is 23.8 Å². The van der Waals surface area contributed by atoms with Gasteiger partial charge < -0.3 is 9.15 Å². The Morgan fingerprint density at radius 2 is 2.35 bits per heavy atom. The number of amides is 2. The molecule has 0 saturated heterocycles. The van der Waals surface area contributed by atoms with E-state index in [-0.39, 0.29) is 0 Å². The van der Waals surface area contributed by atoms with Crippen molar-refractivity contribution in [3.63, 3.8) is 0 Å². The van der Waals surface area contributed by atoms with Crippen molar-refractivity contribution in [1.82, 2.24) is 5.43 Å². The second kappa shape index (κ2) is 8.18. The molecule has 0 fully saturated rings. The molecular weight excluding hydrogens is 354 g/mol. The van der Waals surface area contributed by atoms with E-state index in [1.807, 2.05) is 0 Å². The first-order valence-corrected chi connectivity index (χ1v) is 9.35. The Balaban J connectivity index is 1.75. The van der Waals surface area contributed by atoms with E-state index in [1.54, 1.807) is 19.1 Å². The number of hydrogen-bond acceptors (Lipinski definition) is 6. The average molecular weight is 375 g/mol. The Labute approximate surface area is 155 Å². The maximum absolute atomic E-state index is 12.4. The monoisotopic (exact) mass is 375 g/mol. The van der Waals surface area contributed by atoms with Crippen LogP contribution >= 0.6 is 11.3 Å². The van der Waals surface area contributed by atoms with Gasteiger partial charge in [-0.1, -0.05) is 6.92 Å². The average Bonchev–Trinajstić information content (AvgIpc) is 3.22. The number of carbonyl (C=O) groups excluding carboxylic acids is 2. The summed E-state index contributed by atoms with van der Waals surface area (Å²) in [5.41, 5.74) is 3.85. The second-order valence-corrected chi connectivity index (χ2v) is 7.22. The fourth-order valence-corrected chi connectivity index (χ4v) is 4.30. The standard InChI is InChI=1S/C18H21N3O4S/c1-3-24-17(22)15-13-7-6-11(2)9-14(13)26-16(15)20-18(23)21-19-10-12-5-4-8-25-12/h4-5,8,10-11H,3,6-7,9H2,1-2H3,(H2,20,21,23)/b19-10+. The predicted molar refractivity (Wildman–Crippen MR) is 99.9 cm³/mol. The number of hydrogen-bond donors (Lipinski definition) is 2. The highest BCUT2D eigenvalue weighted by Crippen LogP contribution is 2.40. The maximum Gasteiger partial charge on any atom is 0.341 e. The predicted octanol–water partition coefficient (Wildman–Crippen LogP) is 3.80. The maximum atomic E-state index is 12.4. The van der Waals surface area contributed by atoms with Gasteiger partial charge in [0.25, 0.3) is 0 Å². The topological polar surface area (TPSA) is 92.9 Å². The molecule has 0 radical (unpaired) electrons. The smallest absolute Gasteiger partial charge is 0.341 e. The SMILES string of the molecule is CCOC(=O)c1c(NC(=O)N/N=C/c2ccco2)sc2c1CCC(C)C2. The summed E-state index contributed by atoms with van der Waals surface area (Å²) in [5, 5.41) is 7.06. The zero-order valence-corrected chi connectivity index (χ0v) is 15.5. The number of nitrogens with zero attached hydrogens (tertiary/aromatic N) is 1. The summed E-state index contributed by atoms with van der Waals surface area (Å²) in [4.78, 5) is 25.7. The lowest BCUT2D eigenvalue weighted by molar-refractivity contribution is 0.0526. The molecule has 7 nitrogen and oxygen atoms in total. The second-order valence-electron chi connectivity index (χ2n) is 6.12. The third kappa shape index (κ3) is 4.13. The van der Waals surface area contributed by atoms with E-state index in [0.717, 1.165) is 29.7 Å². The van der Waals surface area contributed by atoms with Crippen LogP contribution in [-0.2, 0) is 17.6 Å². The van der Waals surface area contributed by atoms with Gasteiger partial charge in [0.1, 0.15) is 10.8 Å². The highest BCUT2D eigenvalue weighted by Gasteiger charge is 2.29. The molecule has 1 atom stereocenters. The number of rotatable bonds is 5. The first-order valence-electron chi connectivity index (χ1n) is 8.53. The van der Waals surface area contributed by atoms with Crippen LogP contribution in [0, 0.1) is 5.92 Å². The summed E-state index contributed by atoms with van der Waals surface area (Å²) in [6.45, 7) is 4.25. The third-order valence-corrected chi connectivity index (χ3v) is 5.29. The summed E-state index contributed by atoms with van der Waals surface area (Å²) < 4.78 is 10.3. The van der Waals surface area contributed by atoms with Gasteiger partial charge in [-0.2, -0.15) is 5.10 Å². The van der Waals surface area contributed by atoms with Crippen LogP contribution in [0.1, 0.15) is 46.8 Å². The third-order valence-electron chi connectivity index (χ3n) is 4.12. The van der Waals surface area contributed by atoms with E-state index in [0.29, 0.717) is 28.8 Å². The molecule has 1 aliphatic carbocycles. The van der Waals surface area contributed by atoms with Gasteiger partial charge in [-0.3, -0.25) is 5.32 Å². The Kier molecular flexibility index (Phi) is 5.72. The minimum absolute atomic E-state index is 0.291. The Morgan fingerprint density at radius 3 is 3.08 bits per heavy atom. The van der Waals surface area contributed by atoms with Crippen LogP contribution < -0.4 is 10.7 Å². The van der Waals surface area contributed by atoms with E-state index in [2.05, 4.69) is 22.8 Å². The number of urea groups is 1. The van der Waals surface area contributed by atoms with E-state index in [4.69, 9.17) is 9.15 Å². The van der Waals surface area contributed by atoms with Crippen LogP contribution in [-0.4, -0.2) is 24.8 Å². The number of thiophene rings is 1. The van der Waals surface area contributed by atoms with Crippen molar-refractivity contribution in [2.45, 2.75) is 33.1 Å². The molecule has 2 amide bonds. The summed E-state index contributed by atoms with van der Waals surface area (Å²) in [6.07, 6.45) is 5.67. The molecule has 1 unspecified atom stereocenters. The first kappa shape index (κ1) is 18.2. The number of carbonyl (C=O) groups is 2. The van der Waals surface area contributed by atoms with Gasteiger partial charge >= 0.3 is 12.0 Å². The summed E-state index contributed by atoms with van der Waals surface area (Å²) in [7, 11) is 0. The van der Waals surface area contributed by atoms with Crippen molar-refractivity contribution in [1.29, 1.82) is 0 Å². The normalized spacial score (nSPS) is 16.3. The van der Waals surface area contributed by atoms with Gasteiger partial charge in [0, 0.05) is 4.88 Å². The molecule has 26 heavy (non-hydrogen) atoms. The summed E-state index contributed by atoms with van der Waals surface area (Å²) >= 11 is 1.44. The lowest BCUT2D eigenvalue weighted by atomic mass is 9.88. The zero-order chi connectivity index (χ0) is 18.5. The Morgan fingerprint density at radius 1 is 1.50 bits per heavy atom. The van der Waals surface area contributed by atoms with Crippen LogP contribution in [0.5, 0.6) is 0 Å². The summed E-state index contributed by atoms with van der Waals surface area (Å²) in [6, 6.07) is 2.92. The molecule has 8 heteroatoms. The van der Waals surface area contributed by atoms with Crippen LogP contribution in [0.2, 0.25) is 0 Å². The largest absolute Gasteiger partial charge is 0.463 e. The summed E-state index contributed by atoms with van der Waals surface area (Å²) in [5.74, 6) is 0.697. The number of nitrogens with one attached hydrogen (secondary N) is 2. The molecular formula is C18H21N3O4S. The molecule has 2 aromatic heterocycles. The molecule has 2 heterocycles. The van der Waals surface area contributed by atoms with Crippen LogP contribution in [0.4, 0.5) is 9.80 Å². The fourth-order valence-electron chi connectivity index (χ4n) is 2.91. The van der Waals surface area contributed by atoms with E-state index >= 15 is 0 Å². The Hall–Kier alpha value is -2.61. The van der Waals surface area contributed by atoms with Gasteiger partial charge in [0.2, 0.25) is 0 Å². The Bertz CT molecular complexity index is 811. The minimum Gasteiger partial charge on any atom is -0.463 e. The van der Waals surface area contributed by atoms with Crippen molar-refractivity contribution in [2.75, 3.05) is 11.9 Å². The van der Waals surface area contributed by atoms with Crippen LogP contribution in [0.25, 0.3) is 0 Å². The van der Waals surface area contributed by atoms with Gasteiger partial charge in [0.05, 0.1) is 24.6 Å². The van der Waals surface area contributed by atoms with Crippen molar-refractivity contribution >= 4 is 34.6 Å². The number of furan rings is 1. The number of ether oxygens (including phenoxy) is 1. The number of hydrazone groups is 1. The molecule has 0 bridgehead atoms. The fraction of sp³-hybridized carbons (Fsp3) is 0.389. The molecule has 2 N–H and O–H groups in total. The van der Waals surface area contributed by atoms with Crippen LogP contribution in [0.15, 0.2) is 27.9 Å². The van der Waals surface area contributed by atoms with Crippen molar-refractivity contribution in [3.05, 3.63) is 40.2 Å².